The monoisotopic (exact) mass is 829 g/mol. The average molecular weight is 830 g/mol. The number of carbonyl (C=O) groups excluding carboxylic acids is 6. The molecule has 0 radical (unpaired) electrons. The molecule has 1 aromatic heterocycles. The summed E-state index contributed by atoms with van der Waals surface area (Å²) in [6.07, 6.45) is 1.34. The molecule has 60 heavy (non-hydrogen) atoms. The Morgan fingerprint density at radius 3 is 1.78 bits per heavy atom. The van der Waals surface area contributed by atoms with E-state index < -0.39 is 83.2 Å². The van der Waals surface area contributed by atoms with Gasteiger partial charge in [-0.2, -0.15) is 8.78 Å². The van der Waals surface area contributed by atoms with E-state index in [4.69, 9.17) is 10.5 Å². The summed E-state index contributed by atoms with van der Waals surface area (Å²) in [5, 5.41) is 10.1. The van der Waals surface area contributed by atoms with Crippen molar-refractivity contribution < 1.29 is 42.3 Å². The summed E-state index contributed by atoms with van der Waals surface area (Å²) in [5.74, 6) is -13.2. The molecule has 0 aliphatic rings. The van der Waals surface area contributed by atoms with Crippen molar-refractivity contribution in [2.75, 3.05) is 0 Å². The molecule has 0 saturated carbocycles. The first-order valence-electron chi connectivity index (χ1n) is 19.7. The minimum atomic E-state index is -4.53. The lowest BCUT2D eigenvalue weighted by atomic mass is 9.83. The summed E-state index contributed by atoms with van der Waals surface area (Å²) in [4.78, 5) is 88.3. The van der Waals surface area contributed by atoms with Crippen LogP contribution in [-0.4, -0.2) is 75.4 Å². The van der Waals surface area contributed by atoms with Gasteiger partial charge in [-0.25, -0.2) is 9.78 Å². The number of rotatable bonds is 22. The molecule has 4 rings (SSSR count). The number of amides is 4. The van der Waals surface area contributed by atoms with Gasteiger partial charge in [-0.05, 0) is 34.9 Å². The number of halogens is 2. The number of Topliss-reactive ketones (excluding diaryl/α,β-unsaturated/α-hetero) is 2. The zero-order valence-corrected chi connectivity index (χ0v) is 34.0. The molecule has 4 aromatic rings. The fourth-order valence-electron chi connectivity index (χ4n) is 6.45. The van der Waals surface area contributed by atoms with Crippen molar-refractivity contribution in [2.24, 2.45) is 23.5 Å². The van der Waals surface area contributed by atoms with E-state index in [2.05, 4.69) is 31.2 Å². The zero-order chi connectivity index (χ0) is 43.8. The maximum Gasteiger partial charge on any atom is 0.408 e. The number of aromatic amines is 1. The highest BCUT2D eigenvalue weighted by Gasteiger charge is 2.54. The second-order valence-electron chi connectivity index (χ2n) is 15.3. The summed E-state index contributed by atoms with van der Waals surface area (Å²) in [6.45, 7) is 6.23. The smallest absolute Gasteiger partial charge is 0.408 e. The lowest BCUT2D eigenvalue weighted by molar-refractivity contribution is -0.157. The van der Waals surface area contributed by atoms with Crippen molar-refractivity contribution in [3.05, 3.63) is 126 Å². The van der Waals surface area contributed by atoms with Gasteiger partial charge in [-0.3, -0.25) is 24.0 Å². The number of imidazole rings is 1. The average Bonchev–Trinajstić information content (AvgIpc) is 3.75. The van der Waals surface area contributed by atoms with Gasteiger partial charge in [0.25, 0.3) is 0 Å². The summed E-state index contributed by atoms with van der Waals surface area (Å²) in [6, 6.07) is 19.0. The Hall–Kier alpha value is -6.29. The molecule has 4 amide bonds. The van der Waals surface area contributed by atoms with Gasteiger partial charge in [0.1, 0.15) is 30.7 Å². The van der Waals surface area contributed by atoms with E-state index in [1.807, 2.05) is 0 Å². The molecule has 3 unspecified atom stereocenters. The summed E-state index contributed by atoms with van der Waals surface area (Å²) < 4.78 is 37.7. The van der Waals surface area contributed by atoms with E-state index in [-0.39, 0.29) is 32.4 Å². The molecule has 0 aliphatic carbocycles. The van der Waals surface area contributed by atoms with Crippen LogP contribution in [0.4, 0.5) is 13.6 Å². The molecule has 0 fully saturated rings. The topological polar surface area (TPSA) is 214 Å². The molecule has 14 nitrogen and oxygen atoms in total. The Bertz CT molecular complexity index is 2020. The van der Waals surface area contributed by atoms with Crippen LogP contribution in [0.5, 0.6) is 0 Å². The Balaban J connectivity index is 1.54. The fraction of sp³-hybridized carbons (Fsp3) is 0.386. The number of nitrogens with two attached hydrogens (primary N) is 1. The predicted molar refractivity (Wildman–Crippen MR) is 219 cm³/mol. The predicted octanol–water partition coefficient (Wildman–Crippen LogP) is 4.20. The third kappa shape index (κ3) is 13.6. The number of carbonyl (C=O) groups is 6. The first-order valence-corrected chi connectivity index (χ1v) is 19.7. The molecule has 3 aromatic carbocycles. The largest absolute Gasteiger partial charge is 0.445 e. The third-order valence-electron chi connectivity index (χ3n) is 9.64. The Morgan fingerprint density at radius 1 is 0.717 bits per heavy atom. The van der Waals surface area contributed by atoms with Crippen LogP contribution in [0.15, 0.2) is 104 Å². The van der Waals surface area contributed by atoms with Crippen LogP contribution in [-0.2, 0) is 54.7 Å². The maximum atomic E-state index is 16.2. The minimum Gasteiger partial charge on any atom is -0.445 e. The van der Waals surface area contributed by atoms with Crippen LogP contribution in [0.3, 0.4) is 0 Å². The van der Waals surface area contributed by atoms with Crippen molar-refractivity contribution in [1.82, 2.24) is 31.2 Å². The number of aromatic nitrogens is 2. The number of nitrogens with one attached hydrogen (secondary N) is 5. The van der Waals surface area contributed by atoms with Crippen LogP contribution < -0.4 is 27.0 Å². The van der Waals surface area contributed by atoms with Gasteiger partial charge >= 0.3 is 12.0 Å². The van der Waals surface area contributed by atoms with Crippen molar-refractivity contribution in [2.45, 2.75) is 90.2 Å². The standard InChI is InChI=1S/C44H53F2N7O7/c1-27(2)20-33(39(55)44(45,46)38(47)37(54)36(28(3)4)42(58)49-23-30-16-10-6-11-17-30)51-41(57)35(22-32-24-48-26-50-32)52-40(56)34(21-29-14-8-5-9-15-29)53-43(59)60-25-31-18-12-7-13-19-31/h5-19,24,26-28,33-36,38H,20-23,25,47H2,1-4H3,(H,48,50)(H,49,58)(H,51,57)(H,52,56)(H,53,59)/t33?,34-,35-,36?,38?/m0/s1. The fourth-order valence-corrected chi connectivity index (χ4v) is 6.45. The molecule has 16 heteroatoms. The first-order chi connectivity index (χ1) is 28.6. The Morgan fingerprint density at radius 2 is 1.25 bits per heavy atom. The number of H-pyrrole nitrogens is 1. The van der Waals surface area contributed by atoms with E-state index >= 15 is 8.78 Å². The van der Waals surface area contributed by atoms with Gasteiger partial charge < -0.3 is 36.7 Å². The second kappa shape index (κ2) is 22.2. The van der Waals surface area contributed by atoms with E-state index in [0.29, 0.717) is 22.4 Å². The van der Waals surface area contributed by atoms with Crippen LogP contribution in [0.25, 0.3) is 0 Å². The highest BCUT2D eigenvalue weighted by molar-refractivity contribution is 6.08. The van der Waals surface area contributed by atoms with Crippen LogP contribution in [0, 0.1) is 17.8 Å². The van der Waals surface area contributed by atoms with Gasteiger partial charge in [-0.15, -0.1) is 0 Å². The van der Waals surface area contributed by atoms with Crippen molar-refractivity contribution in [3.63, 3.8) is 0 Å². The van der Waals surface area contributed by atoms with E-state index in [9.17, 15) is 28.8 Å². The number of benzene rings is 3. The highest BCUT2D eigenvalue weighted by atomic mass is 19.3. The molecule has 0 aliphatic heterocycles. The van der Waals surface area contributed by atoms with Gasteiger partial charge in [0, 0.05) is 25.6 Å². The van der Waals surface area contributed by atoms with E-state index in [0.717, 1.165) is 0 Å². The summed E-state index contributed by atoms with van der Waals surface area (Å²) >= 11 is 0. The Labute approximate surface area is 347 Å². The second-order valence-corrected chi connectivity index (χ2v) is 15.3. The normalized spacial score (nSPS) is 13.9. The third-order valence-corrected chi connectivity index (χ3v) is 9.64. The van der Waals surface area contributed by atoms with Crippen LogP contribution in [0.1, 0.15) is 56.5 Å². The van der Waals surface area contributed by atoms with Gasteiger partial charge in [0.15, 0.2) is 5.78 Å². The zero-order valence-electron chi connectivity index (χ0n) is 34.0. The molecule has 320 valence electrons. The van der Waals surface area contributed by atoms with Gasteiger partial charge in [0.05, 0.1) is 18.1 Å². The lowest BCUT2D eigenvalue weighted by Gasteiger charge is -2.31. The molecule has 5 atom stereocenters. The van der Waals surface area contributed by atoms with Gasteiger partial charge in [0.2, 0.25) is 23.5 Å². The first kappa shape index (κ1) is 46.4. The highest BCUT2D eigenvalue weighted by Crippen LogP contribution is 2.27. The number of alkyl halides is 2. The van der Waals surface area contributed by atoms with E-state index in [1.165, 1.54) is 26.4 Å². The number of hydrogen-bond acceptors (Lipinski definition) is 9. The molecule has 0 bridgehead atoms. The summed E-state index contributed by atoms with van der Waals surface area (Å²) in [7, 11) is 0. The van der Waals surface area contributed by atoms with Crippen LogP contribution in [0.2, 0.25) is 0 Å². The maximum absolute atomic E-state index is 16.2. The number of ketones is 2. The quantitative estimate of drug-likeness (QED) is 0.0626. The molecule has 0 saturated heterocycles. The molecule has 0 spiro atoms. The van der Waals surface area contributed by atoms with Gasteiger partial charge in [-0.1, -0.05) is 119 Å². The van der Waals surface area contributed by atoms with Crippen molar-refractivity contribution in [3.8, 4) is 0 Å². The number of alkyl carbamates (subject to hydrolysis) is 1. The van der Waals surface area contributed by atoms with Crippen molar-refractivity contribution in [1.29, 1.82) is 0 Å². The summed E-state index contributed by atoms with van der Waals surface area (Å²) in [5.41, 5.74) is 8.25. The van der Waals surface area contributed by atoms with Crippen LogP contribution >= 0.6 is 0 Å². The molecule has 1 heterocycles. The number of nitrogens with zero attached hydrogens (tertiary/aromatic N) is 1. The number of ether oxygens (including phenoxy) is 1. The van der Waals surface area contributed by atoms with Crippen molar-refractivity contribution >= 4 is 35.4 Å². The minimum absolute atomic E-state index is 0.0158. The molecular formula is C44H53F2N7O7. The molecular weight excluding hydrogens is 777 g/mol. The number of hydrogen-bond donors (Lipinski definition) is 6. The SMILES string of the molecule is CC(C)CC(NC(=O)[C@H](Cc1c[nH]cn1)NC(=O)[C@H](Cc1ccccc1)NC(=O)OCc1ccccc1)C(=O)C(F)(F)C(N)C(=O)C(C(=O)NCc1ccccc1)C(C)C. The Kier molecular flexibility index (Phi) is 17.2. The van der Waals surface area contributed by atoms with E-state index in [1.54, 1.807) is 105 Å². The lowest BCUT2D eigenvalue weighted by Crippen LogP contribution is -2.62. The molecule has 7 N–H and O–H groups in total.